The van der Waals surface area contributed by atoms with E-state index in [0.29, 0.717) is 22.2 Å². The number of benzene rings is 2. The van der Waals surface area contributed by atoms with Crippen LogP contribution in [0, 0.1) is 13.8 Å². The standard InChI is InChI=1S/C16H19ClN4O.C11H13NO.C5H6ClN3/c1-10-9-13(17)20-14(18-10)21-15(22)19-12-7-5-11(6-8-12)16(2,3)4;1-11(2,3)9-4-6-10(7-5-9)12-8-13;1-3-2-4(6)9-5(7)8-3/h5-9H,1-4H3,(H2,18,19,20,21,22);4-7H,1-3H3;2H,1H3,(H2,7,8,9). The second-order valence-electron chi connectivity index (χ2n) is 11.8. The average Bonchev–Trinajstić information content (AvgIpc) is 2.88. The molecule has 0 aliphatic heterocycles. The molecule has 12 heteroatoms. The van der Waals surface area contributed by atoms with E-state index in [1.165, 1.54) is 17.2 Å². The molecular formula is C32H38Cl2N8O2. The first-order valence-electron chi connectivity index (χ1n) is 13.6. The summed E-state index contributed by atoms with van der Waals surface area (Å²) in [6.45, 7) is 16.4. The van der Waals surface area contributed by atoms with Crippen molar-refractivity contribution in [3.63, 3.8) is 0 Å². The van der Waals surface area contributed by atoms with E-state index in [1.807, 2.05) is 55.5 Å². The van der Waals surface area contributed by atoms with Gasteiger partial charge in [0, 0.05) is 17.1 Å². The van der Waals surface area contributed by atoms with Crippen LogP contribution in [-0.4, -0.2) is 32.0 Å². The molecule has 2 heterocycles. The van der Waals surface area contributed by atoms with Gasteiger partial charge in [-0.1, -0.05) is 89.0 Å². The lowest BCUT2D eigenvalue weighted by Gasteiger charge is -2.19. The van der Waals surface area contributed by atoms with E-state index in [1.54, 1.807) is 19.1 Å². The number of carbonyl (C=O) groups excluding carboxylic acids is 2. The molecule has 0 spiro atoms. The van der Waals surface area contributed by atoms with Crippen LogP contribution in [0.15, 0.2) is 65.7 Å². The smallest absolute Gasteiger partial charge is 0.326 e. The monoisotopic (exact) mass is 636 g/mol. The van der Waals surface area contributed by atoms with Crippen LogP contribution < -0.4 is 16.4 Å². The summed E-state index contributed by atoms with van der Waals surface area (Å²) in [7, 11) is 0. The average molecular weight is 638 g/mol. The number of aryl methyl sites for hydroxylation is 2. The van der Waals surface area contributed by atoms with Gasteiger partial charge in [-0.15, -0.1) is 0 Å². The lowest BCUT2D eigenvalue weighted by atomic mass is 9.87. The molecule has 0 fully saturated rings. The van der Waals surface area contributed by atoms with E-state index >= 15 is 0 Å². The van der Waals surface area contributed by atoms with Crippen molar-refractivity contribution in [3.8, 4) is 0 Å². The molecule has 0 unspecified atom stereocenters. The Kier molecular flexibility index (Phi) is 13.0. The molecule has 0 aliphatic rings. The number of anilines is 3. The van der Waals surface area contributed by atoms with Crippen molar-refractivity contribution >= 4 is 58.6 Å². The Balaban J connectivity index is 0.000000258. The molecule has 0 saturated heterocycles. The van der Waals surface area contributed by atoms with Gasteiger partial charge in [-0.25, -0.2) is 29.5 Å². The highest BCUT2D eigenvalue weighted by atomic mass is 35.5. The Morgan fingerprint density at radius 3 is 1.66 bits per heavy atom. The van der Waals surface area contributed by atoms with Crippen LogP contribution in [0.25, 0.3) is 0 Å². The summed E-state index contributed by atoms with van der Waals surface area (Å²) in [5.41, 5.74) is 10.7. The van der Waals surface area contributed by atoms with Crippen LogP contribution in [0.5, 0.6) is 0 Å². The SMILES string of the molecule is CC(C)(C)c1ccc(N=C=O)cc1.Cc1cc(Cl)nc(N)n1.Cc1cc(Cl)nc(NC(=O)Nc2ccc(C(C)(C)C)cc2)n1. The van der Waals surface area contributed by atoms with Crippen LogP contribution in [0.2, 0.25) is 10.3 Å². The van der Waals surface area contributed by atoms with Crippen molar-refractivity contribution in [1.82, 2.24) is 19.9 Å². The number of urea groups is 1. The van der Waals surface area contributed by atoms with Gasteiger partial charge >= 0.3 is 6.03 Å². The summed E-state index contributed by atoms with van der Waals surface area (Å²) in [5, 5.41) is 5.97. The molecule has 0 aliphatic carbocycles. The number of isocyanates is 1. The van der Waals surface area contributed by atoms with E-state index in [2.05, 4.69) is 77.1 Å². The van der Waals surface area contributed by atoms with Gasteiger partial charge in [0.15, 0.2) is 0 Å². The zero-order valence-electron chi connectivity index (χ0n) is 26.2. The molecule has 2 aromatic heterocycles. The molecule has 44 heavy (non-hydrogen) atoms. The first-order chi connectivity index (χ1) is 20.5. The maximum Gasteiger partial charge on any atom is 0.326 e. The van der Waals surface area contributed by atoms with Crippen LogP contribution in [0.3, 0.4) is 0 Å². The maximum absolute atomic E-state index is 11.9. The highest BCUT2D eigenvalue weighted by molar-refractivity contribution is 6.29. The number of aromatic nitrogens is 4. The van der Waals surface area contributed by atoms with Crippen molar-refractivity contribution in [3.05, 3.63) is 93.5 Å². The van der Waals surface area contributed by atoms with Crippen molar-refractivity contribution in [2.45, 2.75) is 66.2 Å². The maximum atomic E-state index is 11.9. The fourth-order valence-electron chi connectivity index (χ4n) is 3.54. The summed E-state index contributed by atoms with van der Waals surface area (Å²) < 4.78 is 0. The van der Waals surface area contributed by atoms with Crippen LogP contribution in [0.1, 0.15) is 64.1 Å². The Labute approximate surface area is 268 Å². The van der Waals surface area contributed by atoms with E-state index in [0.717, 1.165) is 5.69 Å². The van der Waals surface area contributed by atoms with Crippen LogP contribution in [-0.2, 0) is 15.6 Å². The second kappa shape index (κ2) is 15.9. The number of nitrogens with two attached hydrogens (primary N) is 1. The minimum absolute atomic E-state index is 0.0763. The van der Waals surface area contributed by atoms with Gasteiger partial charge in [-0.05, 0) is 72.2 Å². The van der Waals surface area contributed by atoms with Gasteiger partial charge in [-0.2, -0.15) is 4.99 Å². The van der Waals surface area contributed by atoms with E-state index in [9.17, 15) is 9.59 Å². The number of nitrogens with zero attached hydrogens (tertiary/aromatic N) is 5. The minimum atomic E-state index is -0.412. The number of rotatable bonds is 3. The fourth-order valence-corrected chi connectivity index (χ4v) is 4.03. The van der Waals surface area contributed by atoms with Gasteiger partial charge in [0.25, 0.3) is 0 Å². The molecule has 232 valence electrons. The minimum Gasteiger partial charge on any atom is -0.368 e. The van der Waals surface area contributed by atoms with Crippen LogP contribution >= 0.6 is 23.2 Å². The molecule has 2 aromatic carbocycles. The largest absolute Gasteiger partial charge is 0.368 e. The summed E-state index contributed by atoms with van der Waals surface area (Å²) in [4.78, 5) is 41.0. The Morgan fingerprint density at radius 2 is 1.23 bits per heavy atom. The van der Waals surface area contributed by atoms with Gasteiger partial charge in [0.1, 0.15) is 10.3 Å². The zero-order valence-corrected chi connectivity index (χ0v) is 27.7. The molecule has 0 radical (unpaired) electrons. The van der Waals surface area contributed by atoms with Gasteiger partial charge < -0.3 is 11.1 Å². The molecule has 0 saturated carbocycles. The zero-order chi connectivity index (χ0) is 33.1. The van der Waals surface area contributed by atoms with E-state index in [-0.39, 0.29) is 27.9 Å². The Bertz CT molecular complexity index is 1520. The molecule has 0 bridgehead atoms. The van der Waals surface area contributed by atoms with Gasteiger partial charge in [0.05, 0.1) is 5.69 Å². The first-order valence-corrected chi connectivity index (χ1v) is 14.4. The van der Waals surface area contributed by atoms with E-state index in [4.69, 9.17) is 28.9 Å². The van der Waals surface area contributed by atoms with Crippen molar-refractivity contribution in [2.75, 3.05) is 16.4 Å². The number of halogens is 2. The van der Waals surface area contributed by atoms with Crippen LogP contribution in [0.4, 0.5) is 28.1 Å². The van der Waals surface area contributed by atoms with Crippen molar-refractivity contribution < 1.29 is 9.59 Å². The molecule has 10 nitrogen and oxygen atoms in total. The molecule has 4 N–H and O–H groups in total. The van der Waals surface area contributed by atoms with Crippen molar-refractivity contribution in [1.29, 1.82) is 0 Å². The van der Waals surface area contributed by atoms with Gasteiger partial charge in [-0.3, -0.25) is 5.32 Å². The van der Waals surface area contributed by atoms with E-state index < -0.39 is 6.03 Å². The summed E-state index contributed by atoms with van der Waals surface area (Å²) >= 11 is 11.4. The molecule has 0 atom stereocenters. The topological polar surface area (TPSA) is 148 Å². The number of amides is 2. The molecule has 4 rings (SSSR count). The summed E-state index contributed by atoms with van der Waals surface area (Å²) in [6, 6.07) is 18.2. The Morgan fingerprint density at radius 1 is 0.750 bits per heavy atom. The summed E-state index contributed by atoms with van der Waals surface area (Å²) in [5.74, 6) is 0.397. The number of hydrogen-bond acceptors (Lipinski definition) is 8. The summed E-state index contributed by atoms with van der Waals surface area (Å²) in [6.07, 6.45) is 1.52. The number of aliphatic imine (C=N–C) groups is 1. The normalized spacial score (nSPS) is 10.7. The second-order valence-corrected chi connectivity index (χ2v) is 12.5. The highest BCUT2D eigenvalue weighted by Crippen LogP contribution is 2.25. The third-order valence-electron chi connectivity index (χ3n) is 5.81. The molecular weight excluding hydrogens is 599 g/mol. The Hall–Kier alpha value is -4.37. The number of nitrogens with one attached hydrogen (secondary N) is 2. The lowest BCUT2D eigenvalue weighted by molar-refractivity contribution is 0.262. The predicted octanol–water partition coefficient (Wildman–Crippen LogP) is 8.35. The molecule has 2 amide bonds. The van der Waals surface area contributed by atoms with Gasteiger partial charge in [0.2, 0.25) is 18.0 Å². The lowest BCUT2D eigenvalue weighted by Crippen LogP contribution is -2.21. The fraction of sp³-hybridized carbons (Fsp3) is 0.312. The third kappa shape index (κ3) is 12.9. The number of hydrogen-bond donors (Lipinski definition) is 3. The first kappa shape index (κ1) is 35.8. The third-order valence-corrected chi connectivity index (χ3v) is 6.19. The number of nitrogen functional groups attached to an aromatic ring is 1. The highest BCUT2D eigenvalue weighted by Gasteiger charge is 2.14. The predicted molar refractivity (Wildman–Crippen MR) is 179 cm³/mol. The molecule has 4 aromatic rings. The quantitative estimate of drug-likeness (QED) is 0.116. The van der Waals surface area contributed by atoms with Crippen molar-refractivity contribution in [2.24, 2.45) is 4.99 Å². The number of carbonyl (C=O) groups is 1.